The van der Waals surface area contributed by atoms with Gasteiger partial charge in [-0.25, -0.2) is 0 Å². The predicted molar refractivity (Wildman–Crippen MR) is 139 cm³/mol. The third kappa shape index (κ3) is 5.49. The van der Waals surface area contributed by atoms with Crippen LogP contribution in [0.2, 0.25) is 0 Å². The van der Waals surface area contributed by atoms with Gasteiger partial charge in [-0.1, -0.05) is 0 Å². The summed E-state index contributed by atoms with van der Waals surface area (Å²) >= 11 is 0. The maximum atomic E-state index is 13.5. The lowest BCUT2D eigenvalue weighted by Crippen LogP contribution is -2.61. The van der Waals surface area contributed by atoms with Crippen LogP contribution in [0.3, 0.4) is 0 Å². The van der Waals surface area contributed by atoms with Gasteiger partial charge in [0.1, 0.15) is 70.9 Å². The number of benzene rings is 2. The van der Waals surface area contributed by atoms with Crippen LogP contribution in [0.25, 0.3) is 22.3 Å². The maximum Gasteiger partial charge on any atom is 0.239 e. The molecule has 2 aliphatic rings. The van der Waals surface area contributed by atoms with Crippen molar-refractivity contribution in [3.8, 4) is 34.3 Å². The molecule has 0 unspecified atom stereocenters. The van der Waals surface area contributed by atoms with Crippen LogP contribution in [0.1, 0.15) is 6.92 Å². The Hall–Kier alpha value is -3.51. The topological polar surface area (TPSA) is 249 Å². The number of hydrogen-bond donors (Lipinski definition) is 9. The lowest BCUT2D eigenvalue weighted by molar-refractivity contribution is -0.318. The van der Waals surface area contributed by atoms with Crippen molar-refractivity contribution in [2.24, 2.45) is 0 Å². The molecule has 0 bridgehead atoms. The summed E-state index contributed by atoms with van der Waals surface area (Å²) in [7, 11) is 0. The van der Waals surface area contributed by atoms with Gasteiger partial charge in [0, 0.05) is 17.7 Å². The normalized spacial score (nSPS) is 33.5. The van der Waals surface area contributed by atoms with Crippen LogP contribution in [0.4, 0.5) is 0 Å². The molecule has 3 heterocycles. The van der Waals surface area contributed by atoms with Gasteiger partial charge in [-0.2, -0.15) is 0 Å². The fourth-order valence-corrected chi connectivity index (χ4v) is 4.79. The van der Waals surface area contributed by atoms with Gasteiger partial charge in [0.05, 0.1) is 12.7 Å². The summed E-state index contributed by atoms with van der Waals surface area (Å²) in [6.07, 6.45) is -15.8. The molecule has 3 aromatic rings. The largest absolute Gasteiger partial charge is 0.508 e. The number of aliphatic hydroxyl groups excluding tert-OH is 6. The van der Waals surface area contributed by atoms with E-state index in [1.165, 1.54) is 31.2 Å². The molecule has 42 heavy (non-hydrogen) atoms. The first-order chi connectivity index (χ1) is 19.9. The van der Waals surface area contributed by atoms with Crippen LogP contribution in [0, 0.1) is 0 Å². The molecular formula is C27H30O15. The fourth-order valence-electron chi connectivity index (χ4n) is 4.79. The van der Waals surface area contributed by atoms with E-state index >= 15 is 0 Å². The summed E-state index contributed by atoms with van der Waals surface area (Å²) in [5.41, 5.74) is -0.956. The maximum absolute atomic E-state index is 13.5. The number of phenolic OH excluding ortho intramolecular Hbond substituents is 3. The predicted octanol–water partition coefficient (Wildman–Crippen LogP) is -1.39. The zero-order valence-corrected chi connectivity index (χ0v) is 21.9. The third-order valence-corrected chi connectivity index (χ3v) is 7.18. The average Bonchev–Trinajstić information content (AvgIpc) is 2.95. The van der Waals surface area contributed by atoms with E-state index in [-0.39, 0.29) is 28.0 Å². The van der Waals surface area contributed by atoms with Crippen LogP contribution < -0.4 is 10.2 Å². The highest BCUT2D eigenvalue weighted by molar-refractivity contribution is 5.88. The number of aromatic hydroxyl groups is 3. The molecule has 9 N–H and O–H groups in total. The first-order valence-corrected chi connectivity index (χ1v) is 12.9. The Bertz CT molecular complexity index is 1470. The monoisotopic (exact) mass is 594 g/mol. The number of hydrogen-bond acceptors (Lipinski definition) is 15. The summed E-state index contributed by atoms with van der Waals surface area (Å²) in [4.78, 5) is 13.5. The lowest BCUT2D eigenvalue weighted by atomic mass is 9.98. The molecule has 0 radical (unpaired) electrons. The van der Waals surface area contributed by atoms with Crippen molar-refractivity contribution in [2.75, 3.05) is 6.61 Å². The molecule has 0 saturated carbocycles. The van der Waals surface area contributed by atoms with Gasteiger partial charge in [-0.3, -0.25) is 4.79 Å². The number of aliphatic hydroxyl groups is 6. The first kappa shape index (κ1) is 30.0. The molecule has 1 aromatic heterocycles. The van der Waals surface area contributed by atoms with Gasteiger partial charge in [0.15, 0.2) is 12.1 Å². The van der Waals surface area contributed by atoms with Crippen molar-refractivity contribution < 1.29 is 69.3 Å². The van der Waals surface area contributed by atoms with Crippen molar-refractivity contribution >= 4 is 11.0 Å². The second-order valence-electron chi connectivity index (χ2n) is 10.1. The molecular weight excluding hydrogens is 564 g/mol. The summed E-state index contributed by atoms with van der Waals surface area (Å²) in [5, 5.41) is 91.4. The average molecular weight is 595 g/mol. The van der Waals surface area contributed by atoms with E-state index in [1.807, 2.05) is 0 Å². The van der Waals surface area contributed by atoms with Crippen LogP contribution >= 0.6 is 0 Å². The molecule has 10 atom stereocenters. The number of ether oxygens (including phenoxy) is 4. The van der Waals surface area contributed by atoms with Crippen LogP contribution in [-0.4, -0.2) is 114 Å². The van der Waals surface area contributed by atoms with E-state index in [0.717, 1.165) is 12.1 Å². The minimum absolute atomic E-state index is 0.103. The van der Waals surface area contributed by atoms with E-state index in [2.05, 4.69) is 0 Å². The van der Waals surface area contributed by atoms with Gasteiger partial charge in [-0.05, 0) is 31.2 Å². The minimum atomic E-state index is -1.92. The molecule has 0 spiro atoms. The second-order valence-corrected chi connectivity index (χ2v) is 10.1. The van der Waals surface area contributed by atoms with Crippen molar-refractivity contribution in [2.45, 2.75) is 68.3 Å². The van der Waals surface area contributed by atoms with Crippen molar-refractivity contribution in [3.63, 3.8) is 0 Å². The third-order valence-electron chi connectivity index (χ3n) is 7.18. The van der Waals surface area contributed by atoms with E-state index < -0.39 is 90.7 Å². The van der Waals surface area contributed by atoms with Crippen LogP contribution in [0.5, 0.6) is 23.0 Å². The molecule has 228 valence electrons. The Labute approximate surface area is 236 Å². The molecule has 2 aliphatic heterocycles. The Balaban J connectivity index is 1.46. The van der Waals surface area contributed by atoms with E-state index in [4.69, 9.17) is 23.4 Å². The Morgan fingerprint density at radius 1 is 0.762 bits per heavy atom. The molecule has 0 aliphatic carbocycles. The van der Waals surface area contributed by atoms with Gasteiger partial charge in [0.25, 0.3) is 0 Å². The van der Waals surface area contributed by atoms with Gasteiger partial charge >= 0.3 is 0 Å². The van der Waals surface area contributed by atoms with Crippen LogP contribution in [0.15, 0.2) is 45.6 Å². The highest BCUT2D eigenvalue weighted by Crippen LogP contribution is 2.37. The fraction of sp³-hybridized carbons (Fsp3) is 0.444. The van der Waals surface area contributed by atoms with Gasteiger partial charge in [0.2, 0.25) is 17.5 Å². The molecule has 15 heteroatoms. The van der Waals surface area contributed by atoms with Gasteiger partial charge < -0.3 is 69.3 Å². The van der Waals surface area contributed by atoms with E-state index in [9.17, 15) is 50.8 Å². The van der Waals surface area contributed by atoms with E-state index in [0.29, 0.717) is 0 Å². The highest BCUT2D eigenvalue weighted by Gasteiger charge is 2.47. The standard InChI is InChI=1S/C27H30O15/c1-9-17(31)20(34)22(36)26(39-9)38-8-15-18(32)21(35)23(37)27(41-15)42-25-19(33)16-13(30)6-12(29)7-14(16)40-24(25)10-2-4-11(28)5-3-10/h2-7,9,15,17-18,20-23,26-32,34-37H,8H2,1H3/t9-,15+,17-,18-,20+,21-,22+,23+,26+,27-/m0/s1. The summed E-state index contributed by atoms with van der Waals surface area (Å²) < 4.78 is 28.0. The van der Waals surface area contributed by atoms with Crippen molar-refractivity contribution in [1.29, 1.82) is 0 Å². The molecule has 2 aromatic carbocycles. The summed E-state index contributed by atoms with van der Waals surface area (Å²) in [5.74, 6) is -1.97. The lowest BCUT2D eigenvalue weighted by Gasteiger charge is -2.42. The number of phenols is 3. The van der Waals surface area contributed by atoms with E-state index in [1.54, 1.807) is 0 Å². The summed E-state index contributed by atoms with van der Waals surface area (Å²) in [6.45, 7) is 0.866. The van der Waals surface area contributed by atoms with Crippen molar-refractivity contribution in [1.82, 2.24) is 0 Å². The SMILES string of the molecule is C[C@@H]1O[C@@H](OC[C@H]2O[C@@H](Oc3c(-c4ccc(O)cc4)oc4cc(O)cc(O)c4c3=O)[C@H](O)[C@@H](O)[C@H]2O)[C@H](O)[C@H](O)[C@H]1O. The Kier molecular flexibility index (Phi) is 8.30. The smallest absolute Gasteiger partial charge is 0.239 e. The molecule has 2 saturated heterocycles. The highest BCUT2D eigenvalue weighted by atomic mass is 16.7. The Morgan fingerprint density at radius 3 is 2.10 bits per heavy atom. The minimum Gasteiger partial charge on any atom is -0.508 e. The molecule has 0 amide bonds. The zero-order valence-electron chi connectivity index (χ0n) is 21.9. The molecule has 15 nitrogen and oxygen atoms in total. The van der Waals surface area contributed by atoms with Gasteiger partial charge in [-0.15, -0.1) is 0 Å². The molecule has 5 rings (SSSR count). The first-order valence-electron chi connectivity index (χ1n) is 12.9. The summed E-state index contributed by atoms with van der Waals surface area (Å²) in [6, 6.07) is 7.33. The number of rotatable bonds is 6. The number of fused-ring (bicyclic) bond motifs is 1. The zero-order chi connectivity index (χ0) is 30.5. The van der Waals surface area contributed by atoms with Crippen LogP contribution in [-0.2, 0) is 14.2 Å². The Morgan fingerprint density at radius 2 is 1.40 bits per heavy atom. The quantitative estimate of drug-likeness (QED) is 0.159. The second kappa shape index (κ2) is 11.6. The van der Waals surface area contributed by atoms with Crippen molar-refractivity contribution in [3.05, 3.63) is 46.6 Å². The molecule has 2 fully saturated rings.